The van der Waals surface area contributed by atoms with Crippen molar-refractivity contribution < 1.29 is 12.6 Å². The molecule has 7 heteroatoms. The lowest BCUT2D eigenvalue weighted by Crippen LogP contribution is -2.09. The predicted molar refractivity (Wildman–Crippen MR) is 75.7 cm³/mol. The van der Waals surface area contributed by atoms with Gasteiger partial charge in [0.25, 0.3) is 0 Å². The highest BCUT2D eigenvalue weighted by Crippen LogP contribution is 2.30. The Hall–Kier alpha value is -0.940. The lowest BCUT2D eigenvalue weighted by Gasteiger charge is -2.08. The molecule has 0 saturated carbocycles. The van der Waals surface area contributed by atoms with Crippen LogP contribution < -0.4 is 4.18 Å². The standard InChI is InChI=1S/C12H7Cl3O3S/c13-8-1-4-10(5-2-8)19(16,17)18-12-7-9(14)3-6-11(12)15/h1-7H. The first-order chi connectivity index (χ1) is 8.88. The van der Waals surface area contributed by atoms with Gasteiger partial charge in [0, 0.05) is 16.1 Å². The van der Waals surface area contributed by atoms with Crippen molar-refractivity contribution in [2.75, 3.05) is 0 Å². The third-order valence-electron chi connectivity index (χ3n) is 2.20. The minimum absolute atomic E-state index is 0.0204. The molecule has 0 atom stereocenters. The van der Waals surface area contributed by atoms with Gasteiger partial charge in [-0.05, 0) is 36.4 Å². The van der Waals surface area contributed by atoms with Crippen LogP contribution in [0.4, 0.5) is 0 Å². The van der Waals surface area contributed by atoms with Crippen molar-refractivity contribution in [3.05, 3.63) is 57.5 Å². The van der Waals surface area contributed by atoms with Gasteiger partial charge in [-0.2, -0.15) is 8.42 Å². The summed E-state index contributed by atoms with van der Waals surface area (Å²) in [5, 5.41) is 0.910. The molecule has 0 aliphatic carbocycles. The average molecular weight is 338 g/mol. The summed E-state index contributed by atoms with van der Waals surface area (Å²) in [6.07, 6.45) is 0. The van der Waals surface area contributed by atoms with Gasteiger partial charge >= 0.3 is 10.1 Å². The van der Waals surface area contributed by atoms with Crippen molar-refractivity contribution in [3.8, 4) is 5.75 Å². The molecule has 0 heterocycles. The normalized spacial score (nSPS) is 11.3. The van der Waals surface area contributed by atoms with E-state index in [-0.39, 0.29) is 15.7 Å². The summed E-state index contributed by atoms with van der Waals surface area (Å²) in [4.78, 5) is -0.0204. The van der Waals surface area contributed by atoms with Gasteiger partial charge in [-0.15, -0.1) is 0 Å². The van der Waals surface area contributed by atoms with Crippen LogP contribution in [0.2, 0.25) is 15.1 Å². The van der Waals surface area contributed by atoms with Crippen LogP contribution in [0.3, 0.4) is 0 Å². The third kappa shape index (κ3) is 3.54. The molecule has 2 aromatic carbocycles. The van der Waals surface area contributed by atoms with Crippen LogP contribution in [0.5, 0.6) is 5.75 Å². The van der Waals surface area contributed by atoms with Gasteiger partial charge in [0.2, 0.25) is 0 Å². The topological polar surface area (TPSA) is 43.4 Å². The molecule has 0 unspecified atom stereocenters. The van der Waals surface area contributed by atoms with E-state index in [4.69, 9.17) is 39.0 Å². The molecular formula is C12H7Cl3O3S. The fourth-order valence-electron chi connectivity index (χ4n) is 1.31. The molecule has 2 aromatic rings. The Balaban J connectivity index is 2.36. The van der Waals surface area contributed by atoms with E-state index in [1.54, 1.807) is 0 Å². The fraction of sp³-hybridized carbons (Fsp3) is 0. The monoisotopic (exact) mass is 336 g/mol. The number of rotatable bonds is 3. The summed E-state index contributed by atoms with van der Waals surface area (Å²) in [5.74, 6) is -0.0240. The lowest BCUT2D eigenvalue weighted by atomic mass is 10.3. The van der Waals surface area contributed by atoms with E-state index in [1.165, 1.54) is 42.5 Å². The van der Waals surface area contributed by atoms with Crippen LogP contribution in [0, 0.1) is 0 Å². The molecule has 0 saturated heterocycles. The Morgan fingerprint density at radius 2 is 1.42 bits per heavy atom. The molecule has 0 N–H and O–H groups in total. The minimum Gasteiger partial charge on any atom is -0.377 e. The summed E-state index contributed by atoms with van der Waals surface area (Å²) in [6, 6.07) is 9.92. The molecule has 0 spiro atoms. The number of hydrogen-bond acceptors (Lipinski definition) is 3. The molecule has 0 amide bonds. The first kappa shape index (κ1) is 14.5. The van der Waals surface area contributed by atoms with Crippen LogP contribution in [0.15, 0.2) is 47.4 Å². The van der Waals surface area contributed by atoms with Crippen LogP contribution in [0.1, 0.15) is 0 Å². The second-order valence-corrected chi connectivity index (χ2v) is 6.39. The Bertz CT molecular complexity index is 697. The highest BCUT2D eigenvalue weighted by atomic mass is 35.5. The fourth-order valence-corrected chi connectivity index (χ4v) is 2.74. The van der Waals surface area contributed by atoms with E-state index in [0.29, 0.717) is 10.0 Å². The lowest BCUT2D eigenvalue weighted by molar-refractivity contribution is 0.486. The molecule has 2 rings (SSSR count). The quantitative estimate of drug-likeness (QED) is 0.779. The van der Waals surface area contributed by atoms with E-state index < -0.39 is 10.1 Å². The van der Waals surface area contributed by atoms with Crippen LogP contribution >= 0.6 is 34.8 Å². The van der Waals surface area contributed by atoms with Crippen molar-refractivity contribution >= 4 is 44.9 Å². The van der Waals surface area contributed by atoms with Gasteiger partial charge in [-0.25, -0.2) is 0 Å². The second kappa shape index (κ2) is 5.59. The van der Waals surface area contributed by atoms with Crippen molar-refractivity contribution in [1.82, 2.24) is 0 Å². The van der Waals surface area contributed by atoms with Crippen LogP contribution in [-0.4, -0.2) is 8.42 Å². The largest absolute Gasteiger partial charge is 0.377 e. The Morgan fingerprint density at radius 1 is 0.842 bits per heavy atom. The second-order valence-electron chi connectivity index (χ2n) is 3.57. The van der Waals surface area contributed by atoms with E-state index >= 15 is 0 Å². The zero-order valence-corrected chi connectivity index (χ0v) is 12.4. The van der Waals surface area contributed by atoms with E-state index in [1.807, 2.05) is 0 Å². The first-order valence-corrected chi connectivity index (χ1v) is 7.58. The summed E-state index contributed by atoms with van der Waals surface area (Å²) in [7, 11) is -3.97. The Kier molecular flexibility index (Phi) is 4.26. The van der Waals surface area contributed by atoms with Gasteiger partial charge in [-0.1, -0.05) is 34.8 Å². The van der Waals surface area contributed by atoms with E-state index in [0.717, 1.165) is 0 Å². The van der Waals surface area contributed by atoms with Crippen LogP contribution in [-0.2, 0) is 10.1 Å². The smallest absolute Gasteiger partial charge is 0.339 e. The number of hydrogen-bond donors (Lipinski definition) is 0. The average Bonchev–Trinajstić information content (AvgIpc) is 2.34. The predicted octanol–water partition coefficient (Wildman–Crippen LogP) is 4.41. The van der Waals surface area contributed by atoms with Crippen molar-refractivity contribution in [3.63, 3.8) is 0 Å². The maximum atomic E-state index is 12.0. The molecule has 0 aliphatic heterocycles. The molecule has 19 heavy (non-hydrogen) atoms. The van der Waals surface area contributed by atoms with Crippen molar-refractivity contribution in [2.45, 2.75) is 4.90 Å². The zero-order valence-electron chi connectivity index (χ0n) is 9.31. The molecule has 3 nitrogen and oxygen atoms in total. The van der Waals surface area contributed by atoms with Crippen molar-refractivity contribution in [1.29, 1.82) is 0 Å². The molecule has 0 radical (unpaired) electrons. The van der Waals surface area contributed by atoms with Gasteiger partial charge in [-0.3, -0.25) is 0 Å². The molecule has 0 aliphatic rings. The van der Waals surface area contributed by atoms with Gasteiger partial charge in [0.05, 0.1) is 5.02 Å². The molecule has 0 bridgehead atoms. The summed E-state index contributed by atoms with van der Waals surface area (Å²) in [6.45, 7) is 0. The molecular weight excluding hydrogens is 331 g/mol. The summed E-state index contributed by atoms with van der Waals surface area (Å²) in [5.41, 5.74) is 0. The first-order valence-electron chi connectivity index (χ1n) is 5.03. The summed E-state index contributed by atoms with van der Waals surface area (Å²) < 4.78 is 29.0. The highest BCUT2D eigenvalue weighted by molar-refractivity contribution is 7.87. The molecule has 0 aromatic heterocycles. The van der Waals surface area contributed by atoms with Crippen molar-refractivity contribution in [2.24, 2.45) is 0 Å². The molecule has 100 valence electrons. The SMILES string of the molecule is O=S(=O)(Oc1cc(Cl)ccc1Cl)c1ccc(Cl)cc1. The maximum absolute atomic E-state index is 12.0. The minimum atomic E-state index is -3.97. The molecule has 0 fully saturated rings. The van der Waals surface area contributed by atoms with Crippen LogP contribution in [0.25, 0.3) is 0 Å². The van der Waals surface area contributed by atoms with E-state index in [9.17, 15) is 8.42 Å². The summed E-state index contributed by atoms with van der Waals surface area (Å²) >= 11 is 17.3. The Morgan fingerprint density at radius 3 is 2.05 bits per heavy atom. The number of benzene rings is 2. The highest BCUT2D eigenvalue weighted by Gasteiger charge is 2.18. The Labute approximate surface area is 125 Å². The van der Waals surface area contributed by atoms with Gasteiger partial charge < -0.3 is 4.18 Å². The van der Waals surface area contributed by atoms with Gasteiger partial charge in [0.15, 0.2) is 5.75 Å². The zero-order chi connectivity index (χ0) is 14.0. The van der Waals surface area contributed by atoms with E-state index in [2.05, 4.69) is 0 Å². The maximum Gasteiger partial charge on any atom is 0.339 e. The number of halogens is 3. The van der Waals surface area contributed by atoms with Gasteiger partial charge in [0.1, 0.15) is 4.90 Å². The third-order valence-corrected chi connectivity index (χ3v) is 4.24.